The number of furan rings is 1. The molecule has 3 rings (SSSR count). The number of carbonyl (C=O) groups is 1. The molecule has 2 heterocycles. The summed E-state index contributed by atoms with van der Waals surface area (Å²) in [4.78, 5) is 12.4. The number of ether oxygens (including phenoxy) is 1. The van der Waals surface area contributed by atoms with Crippen molar-refractivity contribution in [1.29, 1.82) is 0 Å². The van der Waals surface area contributed by atoms with Crippen LogP contribution < -0.4 is 10.6 Å². The quantitative estimate of drug-likeness (QED) is 0.910. The van der Waals surface area contributed by atoms with Gasteiger partial charge in [-0.3, -0.25) is 4.79 Å². The number of fused-ring (bicyclic) bond motifs is 1. The molecule has 1 saturated heterocycles. The molecule has 0 aliphatic carbocycles. The summed E-state index contributed by atoms with van der Waals surface area (Å²) < 4.78 is 11.2. The number of hydrogen-bond acceptors (Lipinski definition) is 4. The summed E-state index contributed by atoms with van der Waals surface area (Å²) in [6, 6.07) is 5.99. The molecule has 5 heteroatoms. The zero-order valence-corrected chi connectivity index (χ0v) is 13.1. The monoisotopic (exact) mass is 302 g/mol. The largest absolute Gasteiger partial charge is 0.451 e. The first-order valence-electron chi connectivity index (χ1n) is 7.71. The van der Waals surface area contributed by atoms with Crippen molar-refractivity contribution in [3.8, 4) is 0 Å². The summed E-state index contributed by atoms with van der Waals surface area (Å²) in [6.07, 6.45) is 0. The molecule has 1 atom stereocenters. The fraction of sp³-hybridized carbons (Fsp3) is 0.471. The van der Waals surface area contributed by atoms with Crippen molar-refractivity contribution in [2.75, 3.05) is 32.8 Å². The number of carbonyl (C=O) groups excluding carboxylic acids is 1. The molecule has 1 fully saturated rings. The molecule has 22 heavy (non-hydrogen) atoms. The van der Waals surface area contributed by atoms with Crippen LogP contribution in [0.15, 0.2) is 22.6 Å². The molecule has 5 nitrogen and oxygen atoms in total. The summed E-state index contributed by atoms with van der Waals surface area (Å²) in [5, 5.41) is 7.26. The van der Waals surface area contributed by atoms with Crippen molar-refractivity contribution in [2.45, 2.75) is 13.8 Å². The van der Waals surface area contributed by atoms with Gasteiger partial charge < -0.3 is 19.8 Å². The Balaban J connectivity index is 1.70. The van der Waals surface area contributed by atoms with Gasteiger partial charge in [0.2, 0.25) is 0 Å². The van der Waals surface area contributed by atoms with E-state index >= 15 is 0 Å². The van der Waals surface area contributed by atoms with Crippen LogP contribution in [0.5, 0.6) is 0 Å². The first-order valence-corrected chi connectivity index (χ1v) is 7.71. The summed E-state index contributed by atoms with van der Waals surface area (Å²) >= 11 is 0. The van der Waals surface area contributed by atoms with Crippen LogP contribution in [0.4, 0.5) is 0 Å². The molecule has 0 radical (unpaired) electrons. The second-order valence-corrected chi connectivity index (χ2v) is 5.91. The van der Waals surface area contributed by atoms with Gasteiger partial charge >= 0.3 is 0 Å². The van der Waals surface area contributed by atoms with Crippen LogP contribution in [0.3, 0.4) is 0 Å². The second-order valence-electron chi connectivity index (χ2n) is 5.91. The van der Waals surface area contributed by atoms with E-state index in [0.29, 0.717) is 24.8 Å². The maximum atomic E-state index is 12.4. The normalized spacial score (nSPS) is 19.1. The van der Waals surface area contributed by atoms with Crippen molar-refractivity contribution >= 4 is 16.9 Å². The minimum Gasteiger partial charge on any atom is -0.451 e. The molecule has 0 saturated carbocycles. The van der Waals surface area contributed by atoms with Crippen LogP contribution in [-0.4, -0.2) is 38.8 Å². The van der Waals surface area contributed by atoms with Gasteiger partial charge in [-0.25, -0.2) is 0 Å². The van der Waals surface area contributed by atoms with Gasteiger partial charge in [0.1, 0.15) is 5.58 Å². The number of rotatable bonds is 3. The highest BCUT2D eigenvalue weighted by atomic mass is 16.5. The second kappa shape index (κ2) is 6.50. The summed E-state index contributed by atoms with van der Waals surface area (Å²) in [7, 11) is 0. The molecule has 0 bridgehead atoms. The first kappa shape index (κ1) is 15.1. The number of aryl methyl sites for hydroxylation is 2. The third kappa shape index (κ3) is 3.15. The predicted molar refractivity (Wildman–Crippen MR) is 85.2 cm³/mol. The highest BCUT2D eigenvalue weighted by Crippen LogP contribution is 2.26. The maximum absolute atomic E-state index is 12.4. The Morgan fingerprint density at radius 2 is 2.27 bits per heavy atom. The fourth-order valence-corrected chi connectivity index (χ4v) is 2.76. The van der Waals surface area contributed by atoms with E-state index in [4.69, 9.17) is 9.15 Å². The third-order valence-electron chi connectivity index (χ3n) is 4.06. The Morgan fingerprint density at radius 3 is 3.14 bits per heavy atom. The van der Waals surface area contributed by atoms with Crippen molar-refractivity contribution in [2.24, 2.45) is 5.92 Å². The lowest BCUT2D eigenvalue weighted by Crippen LogP contribution is -2.35. The molecular formula is C17H22N2O3. The Kier molecular flexibility index (Phi) is 4.45. The summed E-state index contributed by atoms with van der Waals surface area (Å²) in [5.41, 5.74) is 2.78. The highest BCUT2D eigenvalue weighted by Gasteiger charge is 2.19. The molecule has 1 unspecified atom stereocenters. The predicted octanol–water partition coefficient (Wildman–Crippen LogP) is 2.02. The SMILES string of the molecule is Cc1ccc2c(C)c(C(=O)NCC3CNCCOC3)oc2c1. The Bertz CT molecular complexity index is 670. The van der Waals surface area contributed by atoms with Crippen LogP contribution in [0.2, 0.25) is 0 Å². The molecule has 1 aromatic carbocycles. The van der Waals surface area contributed by atoms with Gasteiger partial charge in [0.15, 0.2) is 5.76 Å². The lowest BCUT2D eigenvalue weighted by Gasteiger charge is -2.14. The van der Waals surface area contributed by atoms with E-state index in [1.165, 1.54) is 0 Å². The van der Waals surface area contributed by atoms with Gasteiger partial charge in [-0.05, 0) is 25.5 Å². The highest BCUT2D eigenvalue weighted by molar-refractivity contribution is 5.99. The molecule has 1 amide bonds. The average molecular weight is 302 g/mol. The lowest BCUT2D eigenvalue weighted by molar-refractivity contribution is 0.0896. The smallest absolute Gasteiger partial charge is 0.287 e. The molecular weight excluding hydrogens is 280 g/mol. The molecule has 1 aliphatic heterocycles. The number of amides is 1. The van der Waals surface area contributed by atoms with Gasteiger partial charge in [0, 0.05) is 36.5 Å². The summed E-state index contributed by atoms with van der Waals surface area (Å²) in [5.74, 6) is 0.539. The zero-order valence-electron chi connectivity index (χ0n) is 13.1. The van der Waals surface area contributed by atoms with Gasteiger partial charge in [-0.2, -0.15) is 0 Å². The van der Waals surface area contributed by atoms with Crippen LogP contribution in [-0.2, 0) is 4.74 Å². The maximum Gasteiger partial charge on any atom is 0.287 e. The number of hydrogen-bond donors (Lipinski definition) is 2. The van der Waals surface area contributed by atoms with Crippen LogP contribution in [0.25, 0.3) is 11.0 Å². The van der Waals surface area contributed by atoms with Gasteiger partial charge in [0.05, 0.1) is 13.2 Å². The van der Waals surface area contributed by atoms with E-state index in [1.807, 2.05) is 32.0 Å². The van der Waals surface area contributed by atoms with E-state index in [1.54, 1.807) is 0 Å². The Morgan fingerprint density at radius 1 is 1.41 bits per heavy atom. The Labute approximate surface area is 130 Å². The van der Waals surface area contributed by atoms with Crippen LogP contribution in [0.1, 0.15) is 21.7 Å². The zero-order chi connectivity index (χ0) is 15.5. The van der Waals surface area contributed by atoms with Crippen LogP contribution >= 0.6 is 0 Å². The lowest BCUT2D eigenvalue weighted by atomic mass is 10.1. The van der Waals surface area contributed by atoms with E-state index in [9.17, 15) is 4.79 Å². The van der Waals surface area contributed by atoms with Crippen molar-refractivity contribution in [3.63, 3.8) is 0 Å². The molecule has 1 aliphatic rings. The standard InChI is InChI=1S/C17H22N2O3/c1-11-3-4-14-12(2)16(22-15(14)7-11)17(20)19-9-13-8-18-5-6-21-10-13/h3-4,7,13,18H,5-6,8-10H2,1-2H3,(H,19,20). The van der Waals surface area contributed by atoms with Crippen molar-refractivity contribution < 1.29 is 13.9 Å². The Hall–Kier alpha value is -1.85. The van der Waals surface area contributed by atoms with Crippen molar-refractivity contribution in [1.82, 2.24) is 10.6 Å². The van der Waals surface area contributed by atoms with E-state index < -0.39 is 0 Å². The molecule has 1 aromatic heterocycles. The molecule has 118 valence electrons. The molecule has 2 aromatic rings. The average Bonchev–Trinajstić information content (AvgIpc) is 2.68. The molecule has 0 spiro atoms. The van der Waals surface area contributed by atoms with Crippen LogP contribution in [0, 0.1) is 19.8 Å². The molecule has 2 N–H and O–H groups in total. The minimum absolute atomic E-state index is 0.157. The fourth-order valence-electron chi connectivity index (χ4n) is 2.76. The number of nitrogens with one attached hydrogen (secondary N) is 2. The minimum atomic E-state index is -0.157. The van der Waals surface area contributed by atoms with E-state index in [2.05, 4.69) is 10.6 Å². The first-order chi connectivity index (χ1) is 10.6. The van der Waals surface area contributed by atoms with E-state index in [0.717, 1.165) is 41.8 Å². The van der Waals surface area contributed by atoms with Crippen molar-refractivity contribution in [3.05, 3.63) is 35.1 Å². The number of benzene rings is 1. The topological polar surface area (TPSA) is 63.5 Å². The van der Waals surface area contributed by atoms with Gasteiger partial charge in [-0.15, -0.1) is 0 Å². The third-order valence-corrected chi connectivity index (χ3v) is 4.06. The van der Waals surface area contributed by atoms with Gasteiger partial charge in [0.25, 0.3) is 5.91 Å². The van der Waals surface area contributed by atoms with E-state index in [-0.39, 0.29) is 5.91 Å². The van der Waals surface area contributed by atoms with Gasteiger partial charge in [-0.1, -0.05) is 12.1 Å². The summed E-state index contributed by atoms with van der Waals surface area (Å²) in [6.45, 7) is 7.65.